The van der Waals surface area contributed by atoms with Gasteiger partial charge in [-0.2, -0.15) is 0 Å². The molecule has 0 saturated heterocycles. The first-order valence-electron chi connectivity index (χ1n) is 9.93. The molecule has 162 valence electrons. The number of hydrogen-bond acceptors (Lipinski definition) is 5. The van der Waals surface area contributed by atoms with Crippen LogP contribution in [-0.2, 0) is 0 Å². The van der Waals surface area contributed by atoms with Crippen molar-refractivity contribution in [2.45, 2.75) is 19.9 Å². The van der Waals surface area contributed by atoms with E-state index in [-0.39, 0.29) is 17.6 Å². The third-order valence-electron chi connectivity index (χ3n) is 4.92. The zero-order chi connectivity index (χ0) is 22.8. The third kappa shape index (κ3) is 4.13. The fraction of sp³-hybridized carbons (Fsp3) is 0.130. The van der Waals surface area contributed by atoms with Crippen molar-refractivity contribution >= 4 is 40.0 Å². The van der Waals surface area contributed by atoms with Gasteiger partial charge in [0.05, 0.1) is 10.9 Å². The number of ketones is 1. The molecule has 0 fully saturated rings. The first-order chi connectivity index (χ1) is 15.3. The highest BCUT2D eigenvalue weighted by atomic mass is 19.1. The molecule has 0 spiro atoms. The van der Waals surface area contributed by atoms with Gasteiger partial charge >= 0.3 is 6.03 Å². The summed E-state index contributed by atoms with van der Waals surface area (Å²) in [5.74, 6) is -0.434. The smallest absolute Gasteiger partial charge is 0.323 e. The number of anilines is 3. The van der Waals surface area contributed by atoms with E-state index in [4.69, 9.17) is 5.73 Å². The Morgan fingerprint density at radius 2 is 1.75 bits per heavy atom. The molecule has 0 bridgehead atoms. The zero-order valence-electron chi connectivity index (χ0n) is 17.5. The summed E-state index contributed by atoms with van der Waals surface area (Å²) < 4.78 is 14.9. The number of rotatable bonds is 5. The number of nitrogen functional groups attached to an aromatic ring is 1. The fourth-order valence-electron chi connectivity index (χ4n) is 3.39. The molecular weight excluding hydrogens is 411 g/mol. The summed E-state index contributed by atoms with van der Waals surface area (Å²) >= 11 is 0. The number of aromatic nitrogens is 3. The topological polar surface area (TPSA) is 115 Å². The maximum absolute atomic E-state index is 13.3. The van der Waals surface area contributed by atoms with Crippen LogP contribution in [0.15, 0.2) is 61.1 Å². The average molecular weight is 432 g/mol. The van der Waals surface area contributed by atoms with Crippen LogP contribution in [0.3, 0.4) is 0 Å². The van der Waals surface area contributed by atoms with Crippen LogP contribution >= 0.6 is 0 Å². The molecule has 2 aromatic heterocycles. The lowest BCUT2D eigenvalue weighted by atomic mass is 10.0. The minimum atomic E-state index is -0.518. The van der Waals surface area contributed by atoms with E-state index in [1.54, 1.807) is 30.5 Å². The third-order valence-corrected chi connectivity index (χ3v) is 4.92. The van der Waals surface area contributed by atoms with Crippen molar-refractivity contribution in [1.29, 1.82) is 0 Å². The normalized spacial score (nSPS) is 11.0. The number of carbonyl (C=O) groups is 2. The van der Waals surface area contributed by atoms with Gasteiger partial charge in [-0.15, -0.1) is 0 Å². The molecule has 0 aliphatic rings. The molecule has 4 rings (SSSR count). The van der Waals surface area contributed by atoms with Gasteiger partial charge in [-0.05, 0) is 50.2 Å². The maximum atomic E-state index is 13.3. The molecule has 4 N–H and O–H groups in total. The Hall–Kier alpha value is -4.27. The fourth-order valence-corrected chi connectivity index (χ4v) is 3.39. The highest BCUT2D eigenvalue weighted by Crippen LogP contribution is 2.29. The van der Waals surface area contributed by atoms with Crippen molar-refractivity contribution in [3.8, 4) is 0 Å². The highest BCUT2D eigenvalue weighted by Gasteiger charge is 2.21. The summed E-state index contributed by atoms with van der Waals surface area (Å²) in [5.41, 5.74) is 8.27. The van der Waals surface area contributed by atoms with Gasteiger partial charge in [0.15, 0.2) is 5.78 Å². The first-order valence-corrected chi connectivity index (χ1v) is 9.93. The molecule has 4 aromatic rings. The number of amides is 2. The average Bonchev–Trinajstić information content (AvgIpc) is 3.16. The van der Waals surface area contributed by atoms with E-state index < -0.39 is 11.8 Å². The first kappa shape index (κ1) is 21.0. The summed E-state index contributed by atoms with van der Waals surface area (Å²) in [7, 11) is 0. The molecule has 32 heavy (non-hydrogen) atoms. The lowest BCUT2D eigenvalue weighted by molar-refractivity contribution is 0.104. The van der Waals surface area contributed by atoms with Crippen LogP contribution in [0.5, 0.6) is 0 Å². The summed E-state index contributed by atoms with van der Waals surface area (Å²) in [6.07, 6.45) is 3.10. The van der Waals surface area contributed by atoms with Crippen LogP contribution in [-0.4, -0.2) is 26.3 Å². The van der Waals surface area contributed by atoms with Crippen LogP contribution in [0.2, 0.25) is 0 Å². The number of carbonyl (C=O) groups excluding carboxylic acids is 2. The quantitative estimate of drug-likeness (QED) is 0.399. The van der Waals surface area contributed by atoms with Crippen LogP contribution in [0, 0.1) is 5.82 Å². The van der Waals surface area contributed by atoms with Crippen LogP contribution < -0.4 is 16.4 Å². The van der Waals surface area contributed by atoms with Gasteiger partial charge in [0.25, 0.3) is 0 Å². The van der Waals surface area contributed by atoms with E-state index in [0.29, 0.717) is 33.5 Å². The lowest BCUT2D eigenvalue weighted by Gasteiger charge is -2.09. The highest BCUT2D eigenvalue weighted by molar-refractivity contribution is 6.18. The van der Waals surface area contributed by atoms with Crippen molar-refractivity contribution in [2.75, 3.05) is 16.4 Å². The zero-order valence-corrected chi connectivity index (χ0v) is 17.5. The Morgan fingerprint density at radius 3 is 2.47 bits per heavy atom. The van der Waals surface area contributed by atoms with E-state index in [2.05, 4.69) is 20.6 Å². The van der Waals surface area contributed by atoms with Gasteiger partial charge in [-0.25, -0.2) is 19.2 Å². The summed E-state index contributed by atoms with van der Waals surface area (Å²) in [6, 6.07) is 11.5. The molecule has 0 aliphatic heterocycles. The molecule has 0 unspecified atom stereocenters. The molecule has 0 atom stereocenters. The number of fused-ring (bicyclic) bond motifs is 1. The Labute approximate surface area is 183 Å². The molecule has 0 radical (unpaired) electrons. The minimum Gasteiger partial charge on any atom is -0.383 e. The van der Waals surface area contributed by atoms with Crippen LogP contribution in [0.1, 0.15) is 35.8 Å². The molecule has 2 heterocycles. The summed E-state index contributed by atoms with van der Waals surface area (Å²) in [5, 5.41) is 5.78. The van der Waals surface area contributed by atoms with E-state index >= 15 is 0 Å². The molecule has 0 aliphatic carbocycles. The van der Waals surface area contributed by atoms with E-state index in [9.17, 15) is 14.0 Å². The number of nitrogens with zero attached hydrogens (tertiary/aromatic N) is 3. The summed E-state index contributed by atoms with van der Waals surface area (Å²) in [6.45, 7) is 3.96. The number of nitrogens with one attached hydrogen (secondary N) is 2. The Bertz CT molecular complexity index is 1310. The van der Waals surface area contributed by atoms with Gasteiger partial charge in [-0.3, -0.25) is 4.79 Å². The standard InChI is InChI=1S/C23H21FN6O2/c1-13(2)30-11-18(19-21(25)26-12-27-22(19)30)20(31)14-4-3-5-17(10-14)29-23(32)28-16-8-6-15(24)7-9-16/h3-13H,1-2H3,(H2,25,26,27)(H2,28,29,32). The second-order valence-electron chi connectivity index (χ2n) is 7.50. The van der Waals surface area contributed by atoms with Crippen molar-refractivity contribution in [2.24, 2.45) is 0 Å². The van der Waals surface area contributed by atoms with Gasteiger partial charge in [-0.1, -0.05) is 12.1 Å². The molecule has 9 heteroatoms. The van der Waals surface area contributed by atoms with Gasteiger partial charge in [0.2, 0.25) is 0 Å². The van der Waals surface area contributed by atoms with Crippen molar-refractivity contribution in [3.63, 3.8) is 0 Å². The molecule has 2 amide bonds. The van der Waals surface area contributed by atoms with Crippen molar-refractivity contribution in [3.05, 3.63) is 78.0 Å². The van der Waals surface area contributed by atoms with Crippen LogP contribution in [0.4, 0.5) is 26.4 Å². The molecule has 0 saturated carbocycles. The predicted molar refractivity (Wildman–Crippen MR) is 121 cm³/mol. The Kier molecular flexibility index (Phi) is 5.55. The second-order valence-corrected chi connectivity index (χ2v) is 7.50. The minimum absolute atomic E-state index is 0.0662. The maximum Gasteiger partial charge on any atom is 0.323 e. The van der Waals surface area contributed by atoms with Gasteiger partial charge < -0.3 is 20.9 Å². The van der Waals surface area contributed by atoms with Gasteiger partial charge in [0.1, 0.15) is 23.6 Å². The van der Waals surface area contributed by atoms with Crippen LogP contribution in [0.25, 0.3) is 11.0 Å². The van der Waals surface area contributed by atoms with E-state index in [1.165, 1.54) is 30.6 Å². The largest absolute Gasteiger partial charge is 0.383 e. The van der Waals surface area contributed by atoms with E-state index in [1.807, 2.05) is 18.4 Å². The molecule has 2 aromatic carbocycles. The SMILES string of the molecule is CC(C)n1cc(C(=O)c2cccc(NC(=O)Nc3ccc(F)cc3)c2)c2c(N)ncnc21. The van der Waals surface area contributed by atoms with Crippen molar-refractivity contribution < 1.29 is 14.0 Å². The predicted octanol–water partition coefficient (Wildman–Crippen LogP) is 4.61. The van der Waals surface area contributed by atoms with Gasteiger partial charge in [0, 0.05) is 29.2 Å². The lowest BCUT2D eigenvalue weighted by Crippen LogP contribution is -2.19. The summed E-state index contributed by atoms with van der Waals surface area (Å²) in [4.78, 5) is 33.9. The molecular formula is C23H21FN6O2. The monoisotopic (exact) mass is 432 g/mol. The van der Waals surface area contributed by atoms with E-state index in [0.717, 1.165) is 0 Å². The Balaban J connectivity index is 1.60. The number of hydrogen-bond donors (Lipinski definition) is 3. The number of halogens is 1. The molecule has 8 nitrogen and oxygen atoms in total. The van der Waals surface area contributed by atoms with Crippen molar-refractivity contribution in [1.82, 2.24) is 14.5 Å². The number of benzene rings is 2. The Morgan fingerprint density at radius 1 is 1.03 bits per heavy atom. The second kappa shape index (κ2) is 8.46. The number of nitrogens with two attached hydrogens (primary N) is 1. The number of urea groups is 1.